The van der Waals surface area contributed by atoms with Crippen LogP contribution in [0.2, 0.25) is 0 Å². The lowest BCUT2D eigenvalue weighted by molar-refractivity contribution is 0.122. The summed E-state index contributed by atoms with van der Waals surface area (Å²) in [7, 11) is 0. The van der Waals surface area contributed by atoms with Crippen molar-refractivity contribution in [3.8, 4) is 11.3 Å². The number of nitrogens with zero attached hydrogens (tertiary/aromatic N) is 6. The van der Waals surface area contributed by atoms with Crippen LogP contribution in [0.15, 0.2) is 42.6 Å². The smallest absolute Gasteiger partial charge is 0.228 e. The molecular weight excluding hydrogens is 424 g/mol. The summed E-state index contributed by atoms with van der Waals surface area (Å²) in [4.78, 5) is 21.8. The third-order valence-electron chi connectivity index (χ3n) is 7.00. The van der Waals surface area contributed by atoms with E-state index in [1.165, 1.54) is 16.7 Å². The number of anilines is 3. The molecule has 1 atom stereocenters. The van der Waals surface area contributed by atoms with Crippen molar-refractivity contribution in [1.82, 2.24) is 15.0 Å². The van der Waals surface area contributed by atoms with E-state index in [1.54, 1.807) is 0 Å². The Kier molecular flexibility index (Phi) is 6.37. The first-order chi connectivity index (χ1) is 16.5. The second-order valence-corrected chi connectivity index (χ2v) is 9.44. The summed E-state index contributed by atoms with van der Waals surface area (Å²) in [5.41, 5.74) is 5.90. The Hall–Kier alpha value is -3.19. The molecule has 0 amide bonds. The average Bonchev–Trinajstić information content (AvgIpc) is 2.86. The predicted octanol–water partition coefficient (Wildman–Crippen LogP) is 4.02. The highest BCUT2D eigenvalue weighted by atomic mass is 16.5. The molecule has 0 bridgehead atoms. The summed E-state index contributed by atoms with van der Waals surface area (Å²) in [6.45, 7) is 14.5. The third kappa shape index (κ3) is 4.57. The number of rotatable bonds is 4. The van der Waals surface area contributed by atoms with Gasteiger partial charge in [-0.1, -0.05) is 18.2 Å². The summed E-state index contributed by atoms with van der Waals surface area (Å²) in [5, 5.41) is 0. The minimum Gasteiger partial charge on any atom is -0.378 e. The first-order valence-electron chi connectivity index (χ1n) is 12.2. The lowest BCUT2D eigenvalue weighted by Gasteiger charge is -2.41. The molecule has 0 N–H and O–H groups in total. The quantitative estimate of drug-likeness (QED) is 0.585. The van der Waals surface area contributed by atoms with E-state index < -0.39 is 0 Å². The van der Waals surface area contributed by atoms with Gasteiger partial charge in [-0.15, -0.1) is 0 Å². The standard InChI is InChI=1S/C27H34N6O/c1-19-7-8-23(16-21(19)3)24-17-25(30-27(29-24)31-12-14-34-15-13-31)33-11-10-32(18-22(33)4)26-20(2)6-5-9-28-26/h5-9,16-17,22H,10-15,18H2,1-4H3. The molecule has 2 aromatic heterocycles. The van der Waals surface area contributed by atoms with E-state index in [9.17, 15) is 0 Å². The molecule has 0 radical (unpaired) electrons. The van der Waals surface area contributed by atoms with Crippen molar-refractivity contribution in [2.24, 2.45) is 0 Å². The van der Waals surface area contributed by atoms with Crippen LogP contribution in [0.1, 0.15) is 23.6 Å². The summed E-state index contributed by atoms with van der Waals surface area (Å²) in [6.07, 6.45) is 1.88. The Morgan fingerprint density at radius 3 is 2.41 bits per heavy atom. The van der Waals surface area contributed by atoms with E-state index in [4.69, 9.17) is 14.7 Å². The van der Waals surface area contributed by atoms with Crippen LogP contribution >= 0.6 is 0 Å². The average molecular weight is 459 g/mol. The van der Waals surface area contributed by atoms with E-state index in [2.05, 4.69) is 77.7 Å². The topological polar surface area (TPSA) is 57.6 Å². The first-order valence-corrected chi connectivity index (χ1v) is 12.2. The van der Waals surface area contributed by atoms with Gasteiger partial charge in [0.1, 0.15) is 11.6 Å². The maximum Gasteiger partial charge on any atom is 0.228 e. The molecule has 0 saturated carbocycles. The first kappa shape index (κ1) is 22.6. The molecule has 0 aliphatic carbocycles. The van der Waals surface area contributed by atoms with E-state index in [0.29, 0.717) is 19.3 Å². The summed E-state index contributed by atoms with van der Waals surface area (Å²) < 4.78 is 5.57. The number of benzene rings is 1. The van der Waals surface area contributed by atoms with Crippen LogP contribution in [0.3, 0.4) is 0 Å². The molecular formula is C27H34N6O. The molecule has 2 aliphatic rings. The van der Waals surface area contributed by atoms with Gasteiger partial charge in [0.05, 0.1) is 18.9 Å². The molecule has 0 spiro atoms. The molecule has 4 heterocycles. The predicted molar refractivity (Wildman–Crippen MR) is 138 cm³/mol. The van der Waals surface area contributed by atoms with Crippen molar-refractivity contribution in [1.29, 1.82) is 0 Å². The fraction of sp³-hybridized carbons (Fsp3) is 0.444. The second-order valence-electron chi connectivity index (χ2n) is 9.44. The van der Waals surface area contributed by atoms with E-state index in [-0.39, 0.29) is 0 Å². The van der Waals surface area contributed by atoms with Crippen LogP contribution < -0.4 is 14.7 Å². The number of hydrogen-bond acceptors (Lipinski definition) is 7. The summed E-state index contributed by atoms with van der Waals surface area (Å²) in [6, 6.07) is 13.2. The monoisotopic (exact) mass is 458 g/mol. The van der Waals surface area contributed by atoms with Crippen LogP contribution in [0.4, 0.5) is 17.6 Å². The normalized spacial score (nSPS) is 18.9. The third-order valence-corrected chi connectivity index (χ3v) is 7.00. The fourth-order valence-electron chi connectivity index (χ4n) is 4.82. The van der Waals surface area contributed by atoms with E-state index >= 15 is 0 Å². The maximum atomic E-state index is 5.57. The maximum absolute atomic E-state index is 5.57. The summed E-state index contributed by atoms with van der Waals surface area (Å²) >= 11 is 0. The second kappa shape index (κ2) is 9.58. The van der Waals surface area contributed by atoms with Crippen molar-refractivity contribution >= 4 is 17.6 Å². The molecule has 2 aliphatic heterocycles. The highest BCUT2D eigenvalue weighted by molar-refractivity contribution is 5.67. The Morgan fingerprint density at radius 2 is 1.68 bits per heavy atom. The Labute approximate surface area is 202 Å². The largest absolute Gasteiger partial charge is 0.378 e. The molecule has 7 heteroatoms. The number of piperazine rings is 1. The van der Waals surface area contributed by atoms with Crippen LogP contribution in [-0.4, -0.2) is 66.9 Å². The molecule has 7 nitrogen and oxygen atoms in total. The minimum absolute atomic E-state index is 0.301. The number of hydrogen-bond donors (Lipinski definition) is 0. The van der Waals surface area contributed by atoms with Gasteiger partial charge in [-0.25, -0.2) is 9.97 Å². The van der Waals surface area contributed by atoms with Gasteiger partial charge in [-0.3, -0.25) is 0 Å². The molecule has 2 saturated heterocycles. The number of pyridine rings is 1. The van der Waals surface area contributed by atoms with Crippen LogP contribution in [0.5, 0.6) is 0 Å². The van der Waals surface area contributed by atoms with Gasteiger partial charge < -0.3 is 19.4 Å². The Morgan fingerprint density at radius 1 is 0.853 bits per heavy atom. The molecule has 3 aromatic rings. The van der Waals surface area contributed by atoms with Crippen LogP contribution in [0.25, 0.3) is 11.3 Å². The van der Waals surface area contributed by atoms with Crippen molar-refractivity contribution in [2.45, 2.75) is 33.7 Å². The number of ether oxygens (including phenoxy) is 1. The molecule has 5 rings (SSSR count). The number of aryl methyl sites for hydroxylation is 3. The van der Waals surface area contributed by atoms with Gasteiger partial charge in [0, 0.05) is 56.6 Å². The van der Waals surface area contributed by atoms with Gasteiger partial charge in [0.2, 0.25) is 5.95 Å². The van der Waals surface area contributed by atoms with Crippen molar-refractivity contribution in [3.05, 3.63) is 59.3 Å². The molecule has 2 fully saturated rings. The van der Waals surface area contributed by atoms with Gasteiger partial charge in [-0.2, -0.15) is 4.98 Å². The van der Waals surface area contributed by atoms with Gasteiger partial charge >= 0.3 is 0 Å². The van der Waals surface area contributed by atoms with Gasteiger partial charge in [0.25, 0.3) is 0 Å². The summed E-state index contributed by atoms with van der Waals surface area (Å²) in [5.74, 6) is 2.88. The van der Waals surface area contributed by atoms with Crippen LogP contribution in [0, 0.1) is 20.8 Å². The zero-order valence-corrected chi connectivity index (χ0v) is 20.7. The zero-order chi connectivity index (χ0) is 23.7. The lowest BCUT2D eigenvalue weighted by Crippen LogP contribution is -2.53. The molecule has 34 heavy (non-hydrogen) atoms. The molecule has 178 valence electrons. The van der Waals surface area contributed by atoms with E-state index in [1.807, 2.05) is 12.3 Å². The van der Waals surface area contributed by atoms with Gasteiger partial charge in [0.15, 0.2) is 0 Å². The molecule has 1 aromatic carbocycles. The van der Waals surface area contributed by atoms with Crippen molar-refractivity contribution in [3.63, 3.8) is 0 Å². The van der Waals surface area contributed by atoms with Gasteiger partial charge in [-0.05, 0) is 56.5 Å². The highest BCUT2D eigenvalue weighted by Gasteiger charge is 2.28. The highest BCUT2D eigenvalue weighted by Crippen LogP contribution is 2.30. The SMILES string of the molecule is Cc1ccc(-c2cc(N3CCN(c4ncccc4C)CC3C)nc(N3CCOCC3)n2)cc1C. The fourth-order valence-corrected chi connectivity index (χ4v) is 4.82. The number of aromatic nitrogens is 3. The lowest BCUT2D eigenvalue weighted by atomic mass is 10.0. The van der Waals surface area contributed by atoms with Crippen LogP contribution in [-0.2, 0) is 4.74 Å². The molecule has 1 unspecified atom stereocenters. The van der Waals surface area contributed by atoms with Crippen molar-refractivity contribution in [2.75, 3.05) is 60.6 Å². The minimum atomic E-state index is 0.301. The van der Waals surface area contributed by atoms with E-state index in [0.717, 1.165) is 61.6 Å². The zero-order valence-electron chi connectivity index (χ0n) is 20.7. The Balaban J connectivity index is 1.47. The van der Waals surface area contributed by atoms with Crippen molar-refractivity contribution < 1.29 is 4.74 Å². The number of morpholine rings is 1. The Bertz CT molecular complexity index is 1160.